The predicted octanol–water partition coefficient (Wildman–Crippen LogP) is 1.91. The smallest absolute Gasteiger partial charge is 0.246 e. The van der Waals surface area contributed by atoms with Gasteiger partial charge in [0.25, 0.3) is 0 Å². The lowest BCUT2D eigenvalue weighted by Crippen LogP contribution is -2.39. The van der Waals surface area contributed by atoms with Crippen LogP contribution in [0.15, 0.2) is 36.4 Å². The van der Waals surface area contributed by atoms with Gasteiger partial charge in [0.15, 0.2) is 0 Å². The molecular formula is C15H20N2O. The van der Waals surface area contributed by atoms with Crippen molar-refractivity contribution < 1.29 is 4.79 Å². The molecule has 1 aliphatic heterocycles. The van der Waals surface area contributed by atoms with Crippen LogP contribution < -0.4 is 5.32 Å². The number of nitrogens with one attached hydrogen (secondary N) is 1. The average molecular weight is 244 g/mol. The second kappa shape index (κ2) is 6.36. The molecule has 1 fully saturated rings. The average Bonchev–Trinajstić information content (AvgIpc) is 2.86. The first kappa shape index (κ1) is 12.8. The Hall–Kier alpha value is -1.61. The molecule has 1 saturated heterocycles. The third-order valence-electron chi connectivity index (χ3n) is 3.32. The summed E-state index contributed by atoms with van der Waals surface area (Å²) in [5.41, 5.74) is 1.07. The molecule has 3 nitrogen and oxygen atoms in total. The first-order valence-corrected chi connectivity index (χ1v) is 6.49. The highest BCUT2D eigenvalue weighted by Crippen LogP contribution is 2.17. The Bertz CT molecular complexity index is 414. The molecule has 1 N–H and O–H groups in total. The van der Waals surface area contributed by atoms with Gasteiger partial charge in [-0.15, -0.1) is 0 Å². The van der Waals surface area contributed by atoms with Crippen LogP contribution in [0.2, 0.25) is 0 Å². The van der Waals surface area contributed by atoms with Gasteiger partial charge in [-0.3, -0.25) is 4.79 Å². The summed E-state index contributed by atoms with van der Waals surface area (Å²) in [6.07, 6.45) is 5.78. The van der Waals surface area contributed by atoms with E-state index in [-0.39, 0.29) is 5.91 Å². The lowest BCUT2D eigenvalue weighted by atomic mass is 10.2. The zero-order valence-electron chi connectivity index (χ0n) is 10.8. The van der Waals surface area contributed by atoms with Gasteiger partial charge in [0.2, 0.25) is 5.91 Å². The molecule has 0 aromatic heterocycles. The highest BCUT2D eigenvalue weighted by Gasteiger charge is 2.26. The largest absolute Gasteiger partial charge is 0.335 e. The van der Waals surface area contributed by atoms with E-state index in [1.807, 2.05) is 48.4 Å². The van der Waals surface area contributed by atoms with Gasteiger partial charge in [-0.1, -0.05) is 30.3 Å². The number of hydrogen-bond acceptors (Lipinski definition) is 2. The van der Waals surface area contributed by atoms with Crippen LogP contribution in [0.4, 0.5) is 0 Å². The summed E-state index contributed by atoms with van der Waals surface area (Å²) in [7, 11) is 1.93. The molecule has 1 amide bonds. The number of benzene rings is 1. The van der Waals surface area contributed by atoms with Gasteiger partial charge in [-0.25, -0.2) is 0 Å². The van der Waals surface area contributed by atoms with Crippen molar-refractivity contribution in [1.82, 2.24) is 10.2 Å². The van der Waals surface area contributed by atoms with Crippen molar-refractivity contribution in [2.24, 2.45) is 0 Å². The molecule has 0 saturated carbocycles. The number of hydrogen-bond donors (Lipinski definition) is 1. The minimum Gasteiger partial charge on any atom is -0.335 e. The molecule has 1 heterocycles. The quantitative estimate of drug-likeness (QED) is 0.821. The van der Waals surface area contributed by atoms with Crippen LogP contribution >= 0.6 is 0 Å². The van der Waals surface area contributed by atoms with Gasteiger partial charge >= 0.3 is 0 Å². The Morgan fingerprint density at radius 3 is 2.94 bits per heavy atom. The molecule has 1 aromatic rings. The minimum absolute atomic E-state index is 0.122. The third kappa shape index (κ3) is 3.20. The molecule has 1 aromatic carbocycles. The van der Waals surface area contributed by atoms with Gasteiger partial charge in [0.05, 0.1) is 0 Å². The molecule has 0 aliphatic carbocycles. The molecule has 0 bridgehead atoms. The number of likely N-dealkylation sites (tertiary alicyclic amines) is 1. The highest BCUT2D eigenvalue weighted by atomic mass is 16.2. The van der Waals surface area contributed by atoms with Gasteiger partial charge in [0, 0.05) is 25.2 Å². The number of likely N-dealkylation sites (N-methyl/N-ethyl adjacent to an activating group) is 1. The molecule has 0 spiro atoms. The monoisotopic (exact) mass is 244 g/mol. The molecule has 1 atom stereocenters. The van der Waals surface area contributed by atoms with Crippen molar-refractivity contribution in [2.45, 2.75) is 18.9 Å². The van der Waals surface area contributed by atoms with E-state index in [2.05, 4.69) is 5.32 Å². The standard InChI is InChI=1S/C15H20N2O/c1-16-12-14-8-5-11-17(14)15(18)10-9-13-6-3-2-4-7-13/h2-4,6-7,9-10,14,16H,5,8,11-12H2,1H3/b10-9+. The lowest BCUT2D eigenvalue weighted by molar-refractivity contribution is -0.126. The zero-order valence-corrected chi connectivity index (χ0v) is 10.8. The summed E-state index contributed by atoms with van der Waals surface area (Å²) >= 11 is 0. The number of amides is 1. The van der Waals surface area contributed by atoms with E-state index >= 15 is 0 Å². The lowest BCUT2D eigenvalue weighted by Gasteiger charge is -2.23. The summed E-state index contributed by atoms with van der Waals surface area (Å²) in [6.45, 7) is 1.76. The third-order valence-corrected chi connectivity index (χ3v) is 3.32. The second-order valence-electron chi connectivity index (χ2n) is 4.63. The van der Waals surface area contributed by atoms with E-state index in [0.29, 0.717) is 6.04 Å². The molecule has 1 aliphatic rings. The van der Waals surface area contributed by atoms with Crippen LogP contribution in [-0.2, 0) is 4.79 Å². The van der Waals surface area contributed by atoms with E-state index < -0.39 is 0 Å². The molecule has 18 heavy (non-hydrogen) atoms. The van der Waals surface area contributed by atoms with E-state index in [4.69, 9.17) is 0 Å². The van der Waals surface area contributed by atoms with Gasteiger partial charge in [0.1, 0.15) is 0 Å². The first-order chi connectivity index (χ1) is 8.81. The van der Waals surface area contributed by atoms with Crippen LogP contribution in [0, 0.1) is 0 Å². The van der Waals surface area contributed by atoms with E-state index in [1.54, 1.807) is 6.08 Å². The predicted molar refractivity (Wildman–Crippen MR) is 74.1 cm³/mol. The van der Waals surface area contributed by atoms with Crippen LogP contribution in [0.3, 0.4) is 0 Å². The maximum absolute atomic E-state index is 12.1. The number of nitrogens with zero attached hydrogens (tertiary/aromatic N) is 1. The van der Waals surface area contributed by atoms with Gasteiger partial charge in [-0.05, 0) is 31.5 Å². The van der Waals surface area contributed by atoms with Crippen molar-refractivity contribution in [3.05, 3.63) is 42.0 Å². The summed E-state index contributed by atoms with van der Waals surface area (Å²) < 4.78 is 0. The maximum atomic E-state index is 12.1. The van der Waals surface area contributed by atoms with E-state index in [9.17, 15) is 4.79 Å². The Morgan fingerprint density at radius 1 is 1.44 bits per heavy atom. The van der Waals surface area contributed by atoms with Crippen molar-refractivity contribution in [1.29, 1.82) is 0 Å². The molecular weight excluding hydrogens is 224 g/mol. The molecule has 1 unspecified atom stereocenters. The Labute approximate surface area is 108 Å². The van der Waals surface area contributed by atoms with Crippen LogP contribution in [0.5, 0.6) is 0 Å². The van der Waals surface area contributed by atoms with Crippen LogP contribution in [0.25, 0.3) is 6.08 Å². The summed E-state index contributed by atoms with van der Waals surface area (Å²) in [6, 6.07) is 10.3. The Morgan fingerprint density at radius 2 is 2.22 bits per heavy atom. The number of rotatable bonds is 4. The van der Waals surface area contributed by atoms with Gasteiger partial charge < -0.3 is 10.2 Å². The minimum atomic E-state index is 0.122. The summed E-state index contributed by atoms with van der Waals surface area (Å²) in [5.74, 6) is 0.122. The van der Waals surface area contributed by atoms with Crippen molar-refractivity contribution in [3.63, 3.8) is 0 Å². The van der Waals surface area contributed by atoms with E-state index in [1.165, 1.54) is 0 Å². The number of carbonyl (C=O) groups excluding carboxylic acids is 1. The van der Waals surface area contributed by atoms with E-state index in [0.717, 1.165) is 31.5 Å². The van der Waals surface area contributed by atoms with Gasteiger partial charge in [-0.2, -0.15) is 0 Å². The topological polar surface area (TPSA) is 32.3 Å². The molecule has 96 valence electrons. The first-order valence-electron chi connectivity index (χ1n) is 6.49. The van der Waals surface area contributed by atoms with Crippen LogP contribution in [0.1, 0.15) is 18.4 Å². The highest BCUT2D eigenvalue weighted by molar-refractivity contribution is 5.92. The summed E-state index contributed by atoms with van der Waals surface area (Å²) in [4.78, 5) is 14.1. The fourth-order valence-electron chi connectivity index (χ4n) is 2.40. The second-order valence-corrected chi connectivity index (χ2v) is 4.63. The SMILES string of the molecule is CNCC1CCCN1C(=O)/C=C/c1ccccc1. The fourth-order valence-corrected chi connectivity index (χ4v) is 2.40. The summed E-state index contributed by atoms with van der Waals surface area (Å²) in [5, 5.41) is 3.15. The zero-order chi connectivity index (χ0) is 12.8. The molecule has 2 rings (SSSR count). The number of carbonyl (C=O) groups is 1. The Kier molecular flexibility index (Phi) is 4.53. The normalized spacial score (nSPS) is 19.6. The maximum Gasteiger partial charge on any atom is 0.246 e. The fraction of sp³-hybridized carbons (Fsp3) is 0.400. The van der Waals surface area contributed by atoms with Crippen molar-refractivity contribution in [2.75, 3.05) is 20.1 Å². The Balaban J connectivity index is 1.97. The van der Waals surface area contributed by atoms with Crippen molar-refractivity contribution in [3.8, 4) is 0 Å². The molecule has 0 radical (unpaired) electrons. The molecule has 3 heteroatoms. The van der Waals surface area contributed by atoms with Crippen LogP contribution in [-0.4, -0.2) is 37.0 Å². The van der Waals surface area contributed by atoms with Crippen molar-refractivity contribution >= 4 is 12.0 Å².